The molecule has 0 aromatic heterocycles. The third-order valence-electron chi connectivity index (χ3n) is 2.24. The molecule has 2 nitrogen and oxygen atoms in total. The lowest BCUT2D eigenvalue weighted by atomic mass is 10.2. The number of hydrogen-bond acceptors (Lipinski definition) is 2. The molecule has 0 heterocycles. The average Bonchev–Trinajstić information content (AvgIpc) is 2.26. The summed E-state index contributed by atoms with van der Waals surface area (Å²) >= 11 is 0. The van der Waals surface area contributed by atoms with Gasteiger partial charge in [0.05, 0.1) is 0 Å². The zero-order valence-corrected chi connectivity index (χ0v) is 9.77. The topological polar surface area (TPSA) is 52.0 Å². The van der Waals surface area contributed by atoms with Crippen LogP contribution in [-0.2, 0) is 0 Å². The van der Waals surface area contributed by atoms with Gasteiger partial charge in [0, 0.05) is 11.4 Å². The predicted molar refractivity (Wildman–Crippen MR) is 71.2 cm³/mol. The van der Waals surface area contributed by atoms with Crippen molar-refractivity contribution in [1.29, 1.82) is 0 Å². The van der Waals surface area contributed by atoms with Gasteiger partial charge in [0.1, 0.15) is 0 Å². The Kier molecular flexibility index (Phi) is 4.40. The van der Waals surface area contributed by atoms with E-state index in [-0.39, 0.29) is 0 Å². The van der Waals surface area contributed by atoms with Gasteiger partial charge in [-0.3, -0.25) is 0 Å². The fourth-order valence-corrected chi connectivity index (χ4v) is 1.19. The Hall–Kier alpha value is -1.96. The van der Waals surface area contributed by atoms with Crippen LogP contribution in [0.4, 0.5) is 11.4 Å². The first kappa shape index (κ1) is 12.1. The first-order valence-electron chi connectivity index (χ1n) is 5.23. The molecule has 2 heteroatoms. The molecule has 2 rings (SSSR count). The Labute approximate surface area is 96.9 Å². The maximum absolute atomic E-state index is 5.54. The van der Waals surface area contributed by atoms with Crippen molar-refractivity contribution >= 4 is 11.4 Å². The van der Waals surface area contributed by atoms with Crippen LogP contribution < -0.4 is 11.5 Å². The highest BCUT2D eigenvalue weighted by atomic mass is 14.6. The maximum atomic E-state index is 5.54. The minimum absolute atomic E-state index is 0.720. The summed E-state index contributed by atoms with van der Waals surface area (Å²) in [7, 11) is 0. The molecule has 4 N–H and O–H groups in total. The number of anilines is 2. The molecular formula is C14H18N2. The van der Waals surface area contributed by atoms with Gasteiger partial charge in [0.2, 0.25) is 0 Å². The van der Waals surface area contributed by atoms with E-state index in [9.17, 15) is 0 Å². The van der Waals surface area contributed by atoms with E-state index in [1.807, 2.05) is 37.3 Å². The lowest BCUT2D eigenvalue weighted by Gasteiger charge is -1.98. The summed E-state index contributed by atoms with van der Waals surface area (Å²) in [4.78, 5) is 0. The van der Waals surface area contributed by atoms with E-state index in [2.05, 4.69) is 19.1 Å². The van der Waals surface area contributed by atoms with Crippen molar-refractivity contribution in [2.75, 3.05) is 11.5 Å². The quantitative estimate of drug-likeness (QED) is 0.662. The van der Waals surface area contributed by atoms with Crippen molar-refractivity contribution in [1.82, 2.24) is 0 Å². The standard InChI is InChI=1S/C7H10N2.C7H8/c1-5-2-3-6(8)4-7(5)9;1-7-5-3-2-4-6-7/h2-4H,8-9H2,1H3;2-6H,1H3. The molecule has 0 bridgehead atoms. The minimum atomic E-state index is 0.720. The molecule has 0 amide bonds. The van der Waals surface area contributed by atoms with Gasteiger partial charge in [-0.15, -0.1) is 0 Å². The molecular weight excluding hydrogens is 196 g/mol. The number of nitrogen functional groups attached to an aromatic ring is 2. The molecule has 0 unspecified atom stereocenters. The smallest absolute Gasteiger partial charge is 0.0364 e. The van der Waals surface area contributed by atoms with Gasteiger partial charge in [0.25, 0.3) is 0 Å². The Morgan fingerprint density at radius 3 is 1.81 bits per heavy atom. The zero-order valence-electron chi connectivity index (χ0n) is 9.77. The van der Waals surface area contributed by atoms with E-state index in [1.54, 1.807) is 6.07 Å². The van der Waals surface area contributed by atoms with Gasteiger partial charge in [-0.25, -0.2) is 0 Å². The first-order valence-corrected chi connectivity index (χ1v) is 5.23. The van der Waals surface area contributed by atoms with Crippen molar-refractivity contribution in [2.45, 2.75) is 13.8 Å². The summed E-state index contributed by atoms with van der Waals surface area (Å²) in [5, 5.41) is 0. The summed E-state index contributed by atoms with van der Waals surface area (Å²) in [6.07, 6.45) is 0. The second-order valence-corrected chi connectivity index (χ2v) is 3.77. The molecule has 2 aromatic rings. The van der Waals surface area contributed by atoms with Crippen LogP contribution in [0.5, 0.6) is 0 Å². The van der Waals surface area contributed by atoms with E-state index < -0.39 is 0 Å². The van der Waals surface area contributed by atoms with Crippen molar-refractivity contribution in [3.8, 4) is 0 Å². The van der Waals surface area contributed by atoms with Gasteiger partial charge >= 0.3 is 0 Å². The lowest BCUT2D eigenvalue weighted by Crippen LogP contribution is -1.91. The highest BCUT2D eigenvalue weighted by molar-refractivity contribution is 5.55. The maximum Gasteiger partial charge on any atom is 0.0364 e. The Morgan fingerprint density at radius 1 is 0.812 bits per heavy atom. The highest BCUT2D eigenvalue weighted by Crippen LogP contribution is 2.13. The SMILES string of the molecule is Cc1ccc(N)cc1N.Cc1ccccc1. The number of nitrogens with two attached hydrogens (primary N) is 2. The van der Waals surface area contributed by atoms with Crippen LogP contribution >= 0.6 is 0 Å². The van der Waals surface area contributed by atoms with E-state index in [4.69, 9.17) is 11.5 Å². The molecule has 16 heavy (non-hydrogen) atoms. The van der Waals surface area contributed by atoms with Crippen molar-refractivity contribution in [2.24, 2.45) is 0 Å². The normalized spacial score (nSPS) is 9.12. The molecule has 0 atom stereocenters. The summed E-state index contributed by atoms with van der Waals surface area (Å²) in [6.45, 7) is 4.04. The summed E-state index contributed by atoms with van der Waals surface area (Å²) in [5.41, 5.74) is 14.9. The Bertz CT molecular complexity index is 436. The van der Waals surface area contributed by atoms with Gasteiger partial charge in [-0.1, -0.05) is 42.0 Å². The fraction of sp³-hybridized carbons (Fsp3) is 0.143. The predicted octanol–water partition coefficient (Wildman–Crippen LogP) is 3.15. The molecule has 2 aromatic carbocycles. The van der Waals surface area contributed by atoms with Crippen molar-refractivity contribution in [3.63, 3.8) is 0 Å². The van der Waals surface area contributed by atoms with Gasteiger partial charge < -0.3 is 11.5 Å². The second-order valence-electron chi connectivity index (χ2n) is 3.77. The third-order valence-corrected chi connectivity index (χ3v) is 2.24. The van der Waals surface area contributed by atoms with E-state index in [0.29, 0.717) is 0 Å². The van der Waals surface area contributed by atoms with Crippen molar-refractivity contribution in [3.05, 3.63) is 59.7 Å². The molecule has 0 saturated carbocycles. The lowest BCUT2D eigenvalue weighted by molar-refractivity contribution is 1.47. The molecule has 84 valence electrons. The van der Waals surface area contributed by atoms with Crippen LogP contribution in [0.1, 0.15) is 11.1 Å². The summed E-state index contributed by atoms with van der Waals surface area (Å²) in [5.74, 6) is 0. The van der Waals surface area contributed by atoms with E-state index >= 15 is 0 Å². The molecule has 0 aliphatic rings. The average molecular weight is 214 g/mol. The van der Waals surface area contributed by atoms with Crippen LogP contribution in [0.3, 0.4) is 0 Å². The van der Waals surface area contributed by atoms with Crippen LogP contribution in [0, 0.1) is 13.8 Å². The number of benzene rings is 2. The highest BCUT2D eigenvalue weighted by Gasteiger charge is 1.90. The first-order chi connectivity index (χ1) is 7.59. The summed E-state index contributed by atoms with van der Waals surface area (Å²) < 4.78 is 0. The third kappa shape index (κ3) is 4.05. The molecule has 0 fully saturated rings. The van der Waals surface area contributed by atoms with Crippen LogP contribution in [0.2, 0.25) is 0 Å². The Balaban J connectivity index is 0.000000165. The molecule has 0 saturated heterocycles. The molecule has 0 aliphatic carbocycles. The van der Waals surface area contributed by atoms with Gasteiger partial charge in [-0.05, 0) is 31.5 Å². The monoisotopic (exact) mass is 214 g/mol. The molecule has 0 spiro atoms. The van der Waals surface area contributed by atoms with Crippen LogP contribution in [0.15, 0.2) is 48.5 Å². The van der Waals surface area contributed by atoms with E-state index in [1.165, 1.54) is 5.56 Å². The van der Waals surface area contributed by atoms with Crippen molar-refractivity contribution < 1.29 is 0 Å². The number of hydrogen-bond donors (Lipinski definition) is 2. The van der Waals surface area contributed by atoms with Gasteiger partial charge in [0.15, 0.2) is 0 Å². The summed E-state index contributed by atoms with van der Waals surface area (Å²) in [6, 6.07) is 15.8. The Morgan fingerprint density at radius 2 is 1.44 bits per heavy atom. The van der Waals surface area contributed by atoms with Crippen LogP contribution in [-0.4, -0.2) is 0 Å². The van der Waals surface area contributed by atoms with Crippen LogP contribution in [0.25, 0.3) is 0 Å². The fourth-order valence-electron chi connectivity index (χ4n) is 1.19. The molecule has 0 radical (unpaired) electrons. The largest absolute Gasteiger partial charge is 0.399 e. The molecule has 0 aliphatic heterocycles. The minimum Gasteiger partial charge on any atom is -0.399 e. The number of rotatable bonds is 0. The second kappa shape index (κ2) is 5.81. The zero-order chi connectivity index (χ0) is 12.0. The van der Waals surface area contributed by atoms with E-state index in [0.717, 1.165) is 16.9 Å². The van der Waals surface area contributed by atoms with Gasteiger partial charge in [-0.2, -0.15) is 0 Å². The number of aryl methyl sites for hydroxylation is 2.